The van der Waals surface area contributed by atoms with Gasteiger partial charge in [-0.05, 0) is 61.2 Å². The van der Waals surface area contributed by atoms with Crippen molar-refractivity contribution in [2.24, 2.45) is 4.99 Å². The number of thioether (sulfide) groups is 1. The number of aliphatic imine (C=N–C) groups is 1. The summed E-state index contributed by atoms with van der Waals surface area (Å²) in [4.78, 5) is 23.8. The summed E-state index contributed by atoms with van der Waals surface area (Å²) in [5.41, 5.74) is 5.59. The van der Waals surface area contributed by atoms with Crippen LogP contribution in [0.1, 0.15) is 36.1 Å². The summed E-state index contributed by atoms with van der Waals surface area (Å²) in [5, 5.41) is 8.17. The molecule has 8 nitrogen and oxygen atoms in total. The molecule has 12 heteroatoms. The molecule has 1 unspecified atom stereocenters. The minimum atomic E-state index is -4.75. The lowest BCUT2D eigenvalue weighted by atomic mass is 10.0. The largest absolute Gasteiger partial charge is 0.573 e. The SMILES string of the molecule is CCC(NC(=O)/N=C1\SCCN1c1c(C)cccc1C)c1ccc(-c2ncn(-c3ccc(OC(F)(F)F)cc3)n2)cc1. The van der Waals surface area contributed by atoms with E-state index in [0.717, 1.165) is 40.2 Å². The minimum absolute atomic E-state index is 0.237. The zero-order valence-electron chi connectivity index (χ0n) is 23.2. The Morgan fingerprint density at radius 3 is 2.40 bits per heavy atom. The van der Waals surface area contributed by atoms with Gasteiger partial charge in [0.25, 0.3) is 0 Å². The first-order chi connectivity index (χ1) is 20.1. The van der Waals surface area contributed by atoms with Crippen molar-refractivity contribution >= 4 is 28.6 Å². The number of aromatic nitrogens is 3. The summed E-state index contributed by atoms with van der Waals surface area (Å²) < 4.78 is 42.6. The van der Waals surface area contributed by atoms with Gasteiger partial charge in [-0.2, -0.15) is 4.99 Å². The zero-order chi connectivity index (χ0) is 29.9. The molecule has 1 saturated heterocycles. The number of nitrogens with one attached hydrogen (secondary N) is 1. The summed E-state index contributed by atoms with van der Waals surface area (Å²) in [6.45, 7) is 6.92. The number of amides is 2. The number of alkyl halides is 3. The predicted octanol–water partition coefficient (Wildman–Crippen LogP) is 7.22. The monoisotopic (exact) mass is 594 g/mol. The van der Waals surface area contributed by atoms with Crippen molar-refractivity contribution in [2.75, 3.05) is 17.2 Å². The first kappa shape index (κ1) is 29.2. The number of carbonyl (C=O) groups excluding carboxylic acids is 1. The summed E-state index contributed by atoms with van der Waals surface area (Å²) in [6.07, 6.45) is -2.59. The van der Waals surface area contributed by atoms with Crippen molar-refractivity contribution in [3.63, 3.8) is 0 Å². The molecule has 1 N–H and O–H groups in total. The summed E-state index contributed by atoms with van der Waals surface area (Å²) in [7, 11) is 0. The standard InChI is InChI=1S/C30H29F3N6O2S/c1-4-25(35-28(40)36-29-38(16-17-42-29)26-19(2)6-5-7-20(26)3)21-8-10-22(11-9-21)27-34-18-39(37-27)23-12-14-24(15-13-23)41-30(31,32)33/h5-15,18,25H,4,16-17H2,1-3H3,(H,35,40)/b36-29-. The van der Waals surface area contributed by atoms with Crippen LogP contribution in [0.15, 0.2) is 78.0 Å². The molecule has 1 aliphatic heterocycles. The summed E-state index contributed by atoms with van der Waals surface area (Å²) >= 11 is 1.57. The van der Waals surface area contributed by atoms with Crippen molar-refractivity contribution < 1.29 is 22.7 Å². The average molecular weight is 595 g/mol. The fourth-order valence-electron chi connectivity index (χ4n) is 4.81. The third kappa shape index (κ3) is 6.76. The molecule has 3 aromatic carbocycles. The highest BCUT2D eigenvalue weighted by atomic mass is 32.2. The molecule has 0 bridgehead atoms. The molecule has 0 spiro atoms. The third-order valence-corrected chi connectivity index (χ3v) is 7.74. The number of halogens is 3. The molecule has 2 heterocycles. The first-order valence-electron chi connectivity index (χ1n) is 13.3. The number of carbonyl (C=O) groups is 1. The van der Waals surface area contributed by atoms with E-state index in [0.29, 0.717) is 23.1 Å². The number of benzene rings is 3. The Labute approximate surface area is 245 Å². The number of nitrogens with zero attached hydrogens (tertiary/aromatic N) is 5. The molecule has 4 aromatic rings. The number of amidine groups is 1. The van der Waals surface area contributed by atoms with Crippen molar-refractivity contribution in [1.82, 2.24) is 20.1 Å². The fraction of sp³-hybridized carbons (Fsp3) is 0.267. The number of rotatable bonds is 7. The molecular formula is C30H29F3N6O2S. The maximum atomic E-state index is 13.0. The van der Waals surface area contributed by atoms with Gasteiger partial charge in [-0.1, -0.05) is 61.2 Å². The van der Waals surface area contributed by atoms with Crippen LogP contribution in [-0.2, 0) is 0 Å². The topological polar surface area (TPSA) is 84.6 Å². The molecule has 1 atom stereocenters. The van der Waals surface area contributed by atoms with Crippen molar-refractivity contribution in [3.8, 4) is 22.8 Å². The van der Waals surface area contributed by atoms with Gasteiger partial charge >= 0.3 is 12.4 Å². The van der Waals surface area contributed by atoms with E-state index in [2.05, 4.69) is 56.0 Å². The van der Waals surface area contributed by atoms with Gasteiger partial charge < -0.3 is 15.0 Å². The van der Waals surface area contributed by atoms with E-state index >= 15 is 0 Å². The summed E-state index contributed by atoms with van der Waals surface area (Å²) in [5.74, 6) is 0.998. The average Bonchev–Trinajstić information content (AvgIpc) is 3.62. The lowest BCUT2D eigenvalue weighted by Gasteiger charge is -2.23. The minimum Gasteiger partial charge on any atom is -0.406 e. The van der Waals surface area contributed by atoms with Gasteiger partial charge in [0, 0.05) is 23.5 Å². The van der Waals surface area contributed by atoms with Crippen LogP contribution in [0.4, 0.5) is 23.7 Å². The number of anilines is 1. The number of hydrogen-bond donors (Lipinski definition) is 1. The Morgan fingerprint density at radius 1 is 1.07 bits per heavy atom. The molecule has 1 fully saturated rings. The zero-order valence-corrected chi connectivity index (χ0v) is 24.0. The smallest absolute Gasteiger partial charge is 0.406 e. The Bertz CT molecular complexity index is 1570. The van der Waals surface area contributed by atoms with Gasteiger partial charge in [-0.15, -0.1) is 18.3 Å². The van der Waals surface area contributed by atoms with E-state index in [1.54, 1.807) is 11.8 Å². The first-order valence-corrected chi connectivity index (χ1v) is 14.3. The van der Waals surface area contributed by atoms with Gasteiger partial charge in [-0.25, -0.2) is 14.5 Å². The number of aryl methyl sites for hydroxylation is 2. The van der Waals surface area contributed by atoms with Gasteiger partial charge in [0.2, 0.25) is 0 Å². The van der Waals surface area contributed by atoms with Crippen LogP contribution >= 0.6 is 11.8 Å². The number of urea groups is 1. The Morgan fingerprint density at radius 2 is 1.76 bits per heavy atom. The van der Waals surface area contributed by atoms with Crippen LogP contribution in [0.5, 0.6) is 5.75 Å². The lowest BCUT2D eigenvalue weighted by molar-refractivity contribution is -0.274. The van der Waals surface area contributed by atoms with Crippen molar-refractivity contribution in [3.05, 3.63) is 89.7 Å². The second-order valence-electron chi connectivity index (χ2n) is 9.72. The fourth-order valence-corrected chi connectivity index (χ4v) is 5.75. The molecule has 1 aliphatic rings. The van der Waals surface area contributed by atoms with E-state index in [4.69, 9.17) is 0 Å². The highest BCUT2D eigenvalue weighted by molar-refractivity contribution is 8.14. The van der Waals surface area contributed by atoms with Gasteiger partial charge in [-0.3, -0.25) is 0 Å². The van der Waals surface area contributed by atoms with E-state index in [1.165, 1.54) is 35.3 Å². The second kappa shape index (κ2) is 12.3. The maximum Gasteiger partial charge on any atom is 0.573 e. The van der Waals surface area contributed by atoms with Gasteiger partial charge in [0.1, 0.15) is 12.1 Å². The maximum absolute atomic E-state index is 13.0. The predicted molar refractivity (Wildman–Crippen MR) is 158 cm³/mol. The molecule has 1 aromatic heterocycles. The van der Waals surface area contributed by atoms with Crippen LogP contribution in [0.2, 0.25) is 0 Å². The molecule has 5 rings (SSSR count). The Balaban J connectivity index is 1.25. The van der Waals surface area contributed by atoms with Crippen LogP contribution in [-0.4, -0.2) is 44.6 Å². The van der Waals surface area contributed by atoms with Crippen LogP contribution in [0, 0.1) is 13.8 Å². The molecule has 0 saturated carbocycles. The summed E-state index contributed by atoms with van der Waals surface area (Å²) in [6, 6.07) is 18.4. The molecule has 42 heavy (non-hydrogen) atoms. The van der Waals surface area contributed by atoms with E-state index < -0.39 is 12.4 Å². The van der Waals surface area contributed by atoms with Gasteiger partial charge in [0.15, 0.2) is 11.0 Å². The number of ether oxygens (including phenoxy) is 1. The third-order valence-electron chi connectivity index (χ3n) is 6.79. The van der Waals surface area contributed by atoms with E-state index in [1.807, 2.05) is 37.3 Å². The quantitative estimate of drug-likeness (QED) is 0.243. The van der Waals surface area contributed by atoms with Crippen molar-refractivity contribution in [1.29, 1.82) is 0 Å². The molecule has 218 valence electrons. The highest BCUT2D eigenvalue weighted by Gasteiger charge is 2.31. The molecule has 0 radical (unpaired) electrons. The lowest BCUT2D eigenvalue weighted by Crippen LogP contribution is -2.30. The van der Waals surface area contributed by atoms with E-state index in [9.17, 15) is 18.0 Å². The van der Waals surface area contributed by atoms with Crippen molar-refractivity contribution in [2.45, 2.75) is 39.6 Å². The molecule has 0 aliphatic carbocycles. The number of para-hydroxylation sites is 1. The molecular weight excluding hydrogens is 565 g/mol. The second-order valence-corrected chi connectivity index (χ2v) is 10.8. The van der Waals surface area contributed by atoms with E-state index in [-0.39, 0.29) is 11.8 Å². The Kier molecular flexibility index (Phi) is 8.53. The van der Waals surface area contributed by atoms with Crippen LogP contribution in [0.3, 0.4) is 0 Å². The number of hydrogen-bond acceptors (Lipinski definition) is 5. The normalized spacial score (nSPS) is 15.2. The van der Waals surface area contributed by atoms with Gasteiger partial charge in [0.05, 0.1) is 11.7 Å². The Hall–Kier alpha value is -4.32. The van der Waals surface area contributed by atoms with Crippen LogP contribution in [0.25, 0.3) is 17.1 Å². The highest BCUT2D eigenvalue weighted by Crippen LogP contribution is 2.31. The van der Waals surface area contributed by atoms with Crippen LogP contribution < -0.4 is 15.0 Å². The molecule has 2 amide bonds.